The van der Waals surface area contributed by atoms with Crippen LogP contribution >= 0.6 is 0 Å². The summed E-state index contributed by atoms with van der Waals surface area (Å²) in [5.41, 5.74) is 14.1. The molecular formula is C52H39N3O. The summed E-state index contributed by atoms with van der Waals surface area (Å²) < 4.78 is 9.26. The topological polar surface area (TPSA) is 43.9 Å². The minimum atomic E-state index is -0.327. The molecule has 9 aromatic rings. The summed E-state index contributed by atoms with van der Waals surface area (Å²) in [6.07, 6.45) is 11.1. The van der Waals surface area contributed by atoms with Gasteiger partial charge in [0, 0.05) is 32.5 Å². The third kappa shape index (κ3) is 4.99. The van der Waals surface area contributed by atoms with E-state index in [4.69, 9.17) is 14.4 Å². The van der Waals surface area contributed by atoms with Crippen molar-refractivity contribution < 1.29 is 4.42 Å². The predicted molar refractivity (Wildman–Crippen MR) is 232 cm³/mol. The Morgan fingerprint density at radius 3 is 2.16 bits per heavy atom. The van der Waals surface area contributed by atoms with E-state index in [1.807, 2.05) is 0 Å². The second kappa shape index (κ2) is 12.6. The molecule has 3 aromatic heterocycles. The normalized spacial score (nSPS) is 18.1. The molecule has 2 aliphatic rings. The van der Waals surface area contributed by atoms with Gasteiger partial charge in [-0.2, -0.15) is 0 Å². The highest BCUT2D eigenvalue weighted by Crippen LogP contribution is 2.52. The standard InChI is InChI=1S/C52H39N3O/c1-33-26-29-45-42(30-33)47-41(43-28-27-36(34-16-6-3-7-17-34)32-52(43,2)37-20-10-5-11-21-37)31-40-38-22-13-15-25-46(38)56-50(40)49(47)55(45)51-53-44-24-14-12-23-39(44)48(54-51)35-18-8-4-9-19-35/h3-29,31,33H,30,32H2,1-2H3. The molecule has 6 aromatic carbocycles. The highest BCUT2D eigenvalue weighted by atomic mass is 16.3. The van der Waals surface area contributed by atoms with Gasteiger partial charge in [-0.25, -0.2) is 9.97 Å². The number of fused-ring (bicyclic) bond motifs is 8. The van der Waals surface area contributed by atoms with Crippen molar-refractivity contribution in [1.29, 1.82) is 0 Å². The van der Waals surface area contributed by atoms with Crippen LogP contribution in [-0.4, -0.2) is 14.5 Å². The Bertz CT molecular complexity index is 3090. The fraction of sp³-hybridized carbons (Fsp3) is 0.115. The van der Waals surface area contributed by atoms with E-state index in [2.05, 4.69) is 188 Å². The highest BCUT2D eigenvalue weighted by Gasteiger charge is 2.38. The number of nitrogens with zero attached hydrogens (tertiary/aromatic N) is 3. The summed E-state index contributed by atoms with van der Waals surface area (Å²) in [5.74, 6) is 1.00. The van der Waals surface area contributed by atoms with Crippen molar-refractivity contribution in [2.24, 2.45) is 5.92 Å². The van der Waals surface area contributed by atoms with Crippen LogP contribution in [-0.2, 0) is 11.8 Å². The molecule has 0 radical (unpaired) electrons. The predicted octanol–water partition coefficient (Wildman–Crippen LogP) is 13.2. The molecular weight excluding hydrogens is 683 g/mol. The average molecular weight is 722 g/mol. The van der Waals surface area contributed by atoms with Gasteiger partial charge in [-0.1, -0.05) is 159 Å². The number of rotatable bonds is 5. The van der Waals surface area contributed by atoms with Gasteiger partial charge in [-0.3, -0.25) is 4.57 Å². The number of hydrogen-bond donors (Lipinski definition) is 0. The van der Waals surface area contributed by atoms with Crippen molar-refractivity contribution in [2.45, 2.75) is 32.1 Å². The lowest BCUT2D eigenvalue weighted by Gasteiger charge is -2.37. The van der Waals surface area contributed by atoms with E-state index in [-0.39, 0.29) is 5.41 Å². The lowest BCUT2D eigenvalue weighted by Crippen LogP contribution is -2.26. The number of furan rings is 1. The second-order valence-corrected chi connectivity index (χ2v) is 15.6. The van der Waals surface area contributed by atoms with Crippen LogP contribution in [0.1, 0.15) is 48.2 Å². The Labute approximate surface area is 325 Å². The number of hydrogen-bond acceptors (Lipinski definition) is 3. The van der Waals surface area contributed by atoms with Crippen LogP contribution in [0.5, 0.6) is 0 Å². The van der Waals surface area contributed by atoms with Crippen LogP contribution in [0.25, 0.3) is 78.2 Å². The first-order valence-electron chi connectivity index (χ1n) is 19.6. The van der Waals surface area contributed by atoms with Gasteiger partial charge in [0.05, 0.1) is 16.9 Å². The second-order valence-electron chi connectivity index (χ2n) is 15.6. The van der Waals surface area contributed by atoms with Gasteiger partial charge >= 0.3 is 0 Å². The number of para-hydroxylation sites is 2. The van der Waals surface area contributed by atoms with Crippen LogP contribution in [0.3, 0.4) is 0 Å². The lowest BCUT2D eigenvalue weighted by molar-refractivity contribution is 0.631. The summed E-state index contributed by atoms with van der Waals surface area (Å²) in [6.45, 7) is 4.74. The fourth-order valence-corrected chi connectivity index (χ4v) is 9.38. The Morgan fingerprint density at radius 1 is 0.696 bits per heavy atom. The zero-order chi connectivity index (χ0) is 37.4. The van der Waals surface area contributed by atoms with E-state index in [9.17, 15) is 0 Å². The molecule has 3 heterocycles. The molecule has 0 bridgehead atoms. The fourth-order valence-electron chi connectivity index (χ4n) is 9.38. The summed E-state index contributed by atoms with van der Waals surface area (Å²) in [4.78, 5) is 10.8. The van der Waals surface area contributed by atoms with Crippen molar-refractivity contribution in [1.82, 2.24) is 14.5 Å². The summed E-state index contributed by atoms with van der Waals surface area (Å²) in [5, 5.41) is 4.43. The molecule has 0 aliphatic heterocycles. The van der Waals surface area contributed by atoms with E-state index in [1.165, 1.54) is 38.8 Å². The van der Waals surface area contributed by atoms with Gasteiger partial charge in [-0.05, 0) is 76.4 Å². The molecule has 2 atom stereocenters. The lowest BCUT2D eigenvalue weighted by atomic mass is 9.65. The van der Waals surface area contributed by atoms with Crippen molar-refractivity contribution in [2.75, 3.05) is 0 Å². The first-order chi connectivity index (χ1) is 27.5. The Morgan fingerprint density at radius 2 is 1.38 bits per heavy atom. The minimum Gasteiger partial charge on any atom is -0.454 e. The van der Waals surface area contributed by atoms with Gasteiger partial charge in [0.1, 0.15) is 11.1 Å². The number of allylic oxidation sites excluding steroid dienone is 5. The van der Waals surface area contributed by atoms with Gasteiger partial charge in [0.15, 0.2) is 5.58 Å². The summed E-state index contributed by atoms with van der Waals surface area (Å²) in [6, 6.07) is 51.6. The maximum absolute atomic E-state index is 6.96. The molecule has 0 saturated carbocycles. The largest absolute Gasteiger partial charge is 0.454 e. The van der Waals surface area contributed by atoms with Gasteiger partial charge in [0.25, 0.3) is 0 Å². The van der Waals surface area contributed by atoms with E-state index < -0.39 is 0 Å². The first kappa shape index (κ1) is 32.6. The van der Waals surface area contributed by atoms with Crippen LogP contribution in [0.4, 0.5) is 0 Å². The van der Waals surface area contributed by atoms with E-state index >= 15 is 0 Å². The quantitative estimate of drug-likeness (QED) is 0.178. The maximum atomic E-state index is 6.96. The molecule has 0 spiro atoms. The van der Waals surface area contributed by atoms with Gasteiger partial charge < -0.3 is 4.42 Å². The maximum Gasteiger partial charge on any atom is 0.235 e. The average Bonchev–Trinajstić information content (AvgIpc) is 3.80. The van der Waals surface area contributed by atoms with Crippen molar-refractivity contribution in [3.63, 3.8) is 0 Å². The number of aromatic nitrogens is 3. The Hall–Kier alpha value is -6.78. The van der Waals surface area contributed by atoms with E-state index in [0.717, 1.165) is 68.2 Å². The molecule has 268 valence electrons. The van der Waals surface area contributed by atoms with Crippen LogP contribution < -0.4 is 0 Å². The van der Waals surface area contributed by atoms with Gasteiger partial charge in [0.2, 0.25) is 5.95 Å². The van der Waals surface area contributed by atoms with Crippen LogP contribution in [0.2, 0.25) is 0 Å². The molecule has 0 saturated heterocycles. The van der Waals surface area contributed by atoms with Crippen molar-refractivity contribution >= 4 is 61.0 Å². The molecule has 0 N–H and O–H groups in total. The molecule has 56 heavy (non-hydrogen) atoms. The molecule has 4 nitrogen and oxygen atoms in total. The molecule has 2 aliphatic carbocycles. The van der Waals surface area contributed by atoms with Crippen LogP contribution in [0, 0.1) is 5.92 Å². The zero-order valence-corrected chi connectivity index (χ0v) is 31.4. The summed E-state index contributed by atoms with van der Waals surface area (Å²) >= 11 is 0. The molecule has 0 amide bonds. The summed E-state index contributed by atoms with van der Waals surface area (Å²) in [7, 11) is 0. The van der Waals surface area contributed by atoms with Gasteiger partial charge in [-0.15, -0.1) is 0 Å². The molecule has 2 unspecified atom stereocenters. The number of benzene rings is 6. The first-order valence-corrected chi connectivity index (χ1v) is 19.6. The smallest absolute Gasteiger partial charge is 0.235 e. The van der Waals surface area contributed by atoms with Crippen LogP contribution in [0.15, 0.2) is 168 Å². The highest BCUT2D eigenvalue weighted by molar-refractivity contribution is 6.19. The third-order valence-corrected chi connectivity index (χ3v) is 12.1. The molecule has 0 fully saturated rings. The molecule has 4 heteroatoms. The van der Waals surface area contributed by atoms with Crippen molar-refractivity contribution in [3.8, 4) is 17.2 Å². The van der Waals surface area contributed by atoms with E-state index in [1.54, 1.807) is 0 Å². The zero-order valence-electron chi connectivity index (χ0n) is 31.4. The third-order valence-electron chi connectivity index (χ3n) is 12.1. The minimum absolute atomic E-state index is 0.327. The van der Waals surface area contributed by atoms with E-state index in [0.29, 0.717) is 11.9 Å². The Balaban J connectivity index is 1.29. The van der Waals surface area contributed by atoms with Crippen molar-refractivity contribution in [3.05, 3.63) is 192 Å². The SMILES string of the molecule is CC1C=Cc2c(c3c(C4=CC=C(c5ccccc5)CC4(C)c4ccccc4)cc4c5ccccc5oc4c3n2-c2nc(-c3ccccc3)c3ccccc3n2)C1. The molecule has 11 rings (SSSR count). The Kier molecular flexibility index (Phi) is 7.37. The monoisotopic (exact) mass is 721 g/mol.